The summed E-state index contributed by atoms with van der Waals surface area (Å²) in [6, 6.07) is 6.87. The molecule has 16 heavy (non-hydrogen) atoms. The zero-order valence-corrected chi connectivity index (χ0v) is 11.4. The monoisotopic (exact) mass is 283 g/mol. The summed E-state index contributed by atoms with van der Waals surface area (Å²) in [5.41, 5.74) is 1.29. The zero-order chi connectivity index (χ0) is 11.5. The molecule has 1 aromatic rings. The first-order chi connectivity index (χ1) is 7.70. The standard InChI is InChI=1S/C13H18BrNO/c1-9(11-4-5-11)15-8-10-3-6-13(16-2)12(14)7-10/h3,6-7,9,11,15H,4-5,8H2,1-2H3. The third-order valence-corrected chi connectivity index (χ3v) is 3.79. The molecule has 0 aliphatic heterocycles. The molecule has 0 saturated heterocycles. The minimum atomic E-state index is 0.640. The predicted octanol–water partition coefficient (Wildman–Crippen LogP) is 3.35. The van der Waals surface area contributed by atoms with Crippen LogP contribution in [0, 0.1) is 5.92 Å². The Morgan fingerprint density at radius 3 is 2.81 bits per heavy atom. The summed E-state index contributed by atoms with van der Waals surface area (Å²) < 4.78 is 6.23. The van der Waals surface area contributed by atoms with Crippen LogP contribution >= 0.6 is 15.9 Å². The van der Waals surface area contributed by atoms with Crippen molar-refractivity contribution in [2.75, 3.05) is 7.11 Å². The van der Waals surface area contributed by atoms with Crippen LogP contribution in [-0.4, -0.2) is 13.2 Å². The van der Waals surface area contributed by atoms with E-state index in [4.69, 9.17) is 4.74 Å². The number of rotatable bonds is 5. The van der Waals surface area contributed by atoms with Crippen molar-refractivity contribution in [1.82, 2.24) is 5.32 Å². The Labute approximate surface area is 106 Å². The fourth-order valence-corrected chi connectivity index (χ4v) is 2.45. The van der Waals surface area contributed by atoms with Crippen molar-refractivity contribution in [3.05, 3.63) is 28.2 Å². The van der Waals surface area contributed by atoms with Crippen LogP contribution in [0.4, 0.5) is 0 Å². The zero-order valence-electron chi connectivity index (χ0n) is 9.79. The van der Waals surface area contributed by atoms with E-state index in [0.717, 1.165) is 22.7 Å². The van der Waals surface area contributed by atoms with Gasteiger partial charge < -0.3 is 10.1 Å². The lowest BCUT2D eigenvalue weighted by molar-refractivity contribution is 0.411. The van der Waals surface area contributed by atoms with Gasteiger partial charge in [-0.05, 0) is 59.3 Å². The third kappa shape index (κ3) is 2.98. The highest BCUT2D eigenvalue weighted by atomic mass is 79.9. The molecule has 1 saturated carbocycles. The van der Waals surface area contributed by atoms with E-state index in [0.29, 0.717) is 6.04 Å². The molecule has 1 aliphatic rings. The highest BCUT2D eigenvalue weighted by molar-refractivity contribution is 9.10. The van der Waals surface area contributed by atoms with Crippen molar-refractivity contribution in [1.29, 1.82) is 0 Å². The van der Waals surface area contributed by atoms with Gasteiger partial charge in [0.1, 0.15) is 5.75 Å². The molecular weight excluding hydrogens is 266 g/mol. The second kappa shape index (κ2) is 5.19. The summed E-state index contributed by atoms with van der Waals surface area (Å²) in [6.07, 6.45) is 2.78. The lowest BCUT2D eigenvalue weighted by atomic mass is 10.1. The Kier molecular flexibility index (Phi) is 3.87. The van der Waals surface area contributed by atoms with E-state index in [1.165, 1.54) is 18.4 Å². The Morgan fingerprint density at radius 2 is 2.25 bits per heavy atom. The summed E-state index contributed by atoms with van der Waals surface area (Å²) in [7, 11) is 1.69. The fraction of sp³-hybridized carbons (Fsp3) is 0.538. The summed E-state index contributed by atoms with van der Waals surface area (Å²) in [5.74, 6) is 1.79. The second-order valence-electron chi connectivity index (χ2n) is 4.48. The Hall–Kier alpha value is -0.540. The molecule has 0 bridgehead atoms. The molecule has 1 unspecified atom stereocenters. The smallest absolute Gasteiger partial charge is 0.133 e. The van der Waals surface area contributed by atoms with E-state index in [1.54, 1.807) is 7.11 Å². The maximum Gasteiger partial charge on any atom is 0.133 e. The Balaban J connectivity index is 1.91. The van der Waals surface area contributed by atoms with Crippen LogP contribution < -0.4 is 10.1 Å². The molecule has 0 spiro atoms. The largest absolute Gasteiger partial charge is 0.496 e. The third-order valence-electron chi connectivity index (χ3n) is 3.17. The van der Waals surface area contributed by atoms with Crippen LogP contribution in [0.15, 0.2) is 22.7 Å². The summed E-state index contributed by atoms with van der Waals surface area (Å²) in [4.78, 5) is 0. The summed E-state index contributed by atoms with van der Waals surface area (Å²) in [6.45, 7) is 3.20. The van der Waals surface area contributed by atoms with Crippen molar-refractivity contribution < 1.29 is 4.74 Å². The van der Waals surface area contributed by atoms with Gasteiger partial charge in [0.25, 0.3) is 0 Å². The van der Waals surface area contributed by atoms with Gasteiger partial charge in [-0.15, -0.1) is 0 Å². The average molecular weight is 284 g/mol. The van der Waals surface area contributed by atoms with Gasteiger partial charge in [0.2, 0.25) is 0 Å². The van der Waals surface area contributed by atoms with E-state index < -0.39 is 0 Å². The molecule has 0 aromatic heterocycles. The van der Waals surface area contributed by atoms with Crippen LogP contribution in [0.25, 0.3) is 0 Å². The van der Waals surface area contributed by atoms with E-state index >= 15 is 0 Å². The van der Waals surface area contributed by atoms with Crippen molar-refractivity contribution in [2.24, 2.45) is 5.92 Å². The van der Waals surface area contributed by atoms with E-state index in [-0.39, 0.29) is 0 Å². The van der Waals surface area contributed by atoms with Gasteiger partial charge in [-0.3, -0.25) is 0 Å². The molecule has 1 atom stereocenters. The average Bonchev–Trinajstić information content (AvgIpc) is 3.10. The van der Waals surface area contributed by atoms with Crippen LogP contribution in [0.5, 0.6) is 5.75 Å². The lowest BCUT2D eigenvalue weighted by Gasteiger charge is -2.13. The number of methoxy groups -OCH3 is 1. The molecule has 2 rings (SSSR count). The van der Waals surface area contributed by atoms with Gasteiger partial charge in [0.15, 0.2) is 0 Å². The predicted molar refractivity (Wildman–Crippen MR) is 69.7 cm³/mol. The summed E-state index contributed by atoms with van der Waals surface area (Å²) in [5, 5.41) is 3.56. The first-order valence-electron chi connectivity index (χ1n) is 5.76. The topological polar surface area (TPSA) is 21.3 Å². The molecular formula is C13H18BrNO. The summed E-state index contributed by atoms with van der Waals surface area (Å²) >= 11 is 3.50. The molecule has 1 N–H and O–H groups in total. The first kappa shape index (κ1) is 11.9. The van der Waals surface area contributed by atoms with Crippen LogP contribution in [-0.2, 0) is 6.54 Å². The number of benzene rings is 1. The Bertz CT molecular complexity index is 363. The SMILES string of the molecule is COc1ccc(CNC(C)C2CC2)cc1Br. The highest BCUT2D eigenvalue weighted by Crippen LogP contribution is 2.32. The van der Waals surface area contributed by atoms with Crippen molar-refractivity contribution >= 4 is 15.9 Å². The van der Waals surface area contributed by atoms with Gasteiger partial charge in [-0.25, -0.2) is 0 Å². The number of nitrogens with one attached hydrogen (secondary N) is 1. The molecule has 0 radical (unpaired) electrons. The molecule has 1 fully saturated rings. The van der Waals surface area contributed by atoms with E-state index in [1.807, 2.05) is 6.07 Å². The van der Waals surface area contributed by atoms with Gasteiger partial charge in [-0.1, -0.05) is 6.07 Å². The highest BCUT2D eigenvalue weighted by Gasteiger charge is 2.27. The number of ether oxygens (including phenoxy) is 1. The van der Waals surface area contributed by atoms with Gasteiger partial charge in [0, 0.05) is 12.6 Å². The lowest BCUT2D eigenvalue weighted by Crippen LogP contribution is -2.27. The molecule has 2 nitrogen and oxygen atoms in total. The maximum atomic E-state index is 5.21. The number of hydrogen-bond donors (Lipinski definition) is 1. The molecule has 88 valence electrons. The Morgan fingerprint density at radius 1 is 1.50 bits per heavy atom. The van der Waals surface area contributed by atoms with Crippen molar-refractivity contribution in [3.8, 4) is 5.75 Å². The normalized spacial score (nSPS) is 17.2. The van der Waals surface area contributed by atoms with E-state index in [9.17, 15) is 0 Å². The number of hydrogen-bond acceptors (Lipinski definition) is 2. The minimum Gasteiger partial charge on any atom is -0.496 e. The maximum absolute atomic E-state index is 5.21. The molecule has 0 heterocycles. The number of halogens is 1. The van der Waals surface area contributed by atoms with Crippen molar-refractivity contribution in [2.45, 2.75) is 32.4 Å². The molecule has 1 aromatic carbocycles. The van der Waals surface area contributed by atoms with Gasteiger partial charge >= 0.3 is 0 Å². The van der Waals surface area contributed by atoms with Gasteiger partial charge in [0.05, 0.1) is 11.6 Å². The van der Waals surface area contributed by atoms with Crippen LogP contribution in [0.2, 0.25) is 0 Å². The first-order valence-corrected chi connectivity index (χ1v) is 6.56. The van der Waals surface area contributed by atoms with E-state index in [2.05, 4.69) is 40.3 Å². The fourth-order valence-electron chi connectivity index (χ4n) is 1.86. The van der Waals surface area contributed by atoms with Crippen molar-refractivity contribution in [3.63, 3.8) is 0 Å². The second-order valence-corrected chi connectivity index (χ2v) is 5.33. The van der Waals surface area contributed by atoms with Crippen LogP contribution in [0.1, 0.15) is 25.3 Å². The quantitative estimate of drug-likeness (QED) is 0.895. The van der Waals surface area contributed by atoms with Crippen LogP contribution in [0.3, 0.4) is 0 Å². The molecule has 3 heteroatoms. The molecule has 1 aliphatic carbocycles. The minimum absolute atomic E-state index is 0.640. The molecule has 0 amide bonds. The van der Waals surface area contributed by atoms with Gasteiger partial charge in [-0.2, -0.15) is 0 Å².